The molecule has 0 saturated heterocycles. The third-order valence-electron chi connectivity index (χ3n) is 2.31. The minimum Gasteiger partial charge on any atom is -0.466 e. The van der Waals surface area contributed by atoms with Crippen LogP contribution in [-0.2, 0) is 9.53 Å². The van der Waals surface area contributed by atoms with Gasteiger partial charge in [-0.2, -0.15) is 12.6 Å². The van der Waals surface area contributed by atoms with E-state index in [1.165, 1.54) is 0 Å². The van der Waals surface area contributed by atoms with E-state index >= 15 is 0 Å². The van der Waals surface area contributed by atoms with Crippen LogP contribution < -0.4 is 5.73 Å². The summed E-state index contributed by atoms with van der Waals surface area (Å²) in [5.41, 5.74) is 5.36. The first kappa shape index (κ1) is 15.7. The lowest BCUT2D eigenvalue weighted by Gasteiger charge is -2.17. The number of ether oxygens (including phenoxy) is 1. The number of carbonyl (C=O) groups excluding carboxylic acids is 1. The van der Waals surface area contributed by atoms with Gasteiger partial charge in [0, 0.05) is 6.42 Å². The number of carbonyl (C=O) groups is 1. The van der Waals surface area contributed by atoms with Gasteiger partial charge in [0.25, 0.3) is 0 Å². The van der Waals surface area contributed by atoms with Crippen molar-refractivity contribution in [1.82, 2.24) is 4.90 Å². The Bertz CT molecular complexity index is 189. The summed E-state index contributed by atoms with van der Waals surface area (Å²) < 4.78 is 5.09. The average Bonchev–Trinajstić information content (AvgIpc) is 2.25. The van der Waals surface area contributed by atoms with Crippen LogP contribution in [0.25, 0.3) is 0 Å². The molecule has 16 heavy (non-hydrogen) atoms. The van der Waals surface area contributed by atoms with E-state index in [1.807, 2.05) is 19.0 Å². The molecule has 2 N–H and O–H groups in total. The quantitative estimate of drug-likeness (QED) is 0.279. The predicted molar refractivity (Wildman–Crippen MR) is 69.6 cm³/mol. The molecule has 0 aromatic carbocycles. The van der Waals surface area contributed by atoms with Crippen molar-refractivity contribution in [1.29, 1.82) is 0 Å². The second-order valence-corrected chi connectivity index (χ2v) is 4.65. The molecule has 0 saturated carbocycles. The molecule has 0 aliphatic carbocycles. The molecule has 0 rings (SSSR count). The molecule has 1 unspecified atom stereocenters. The number of nitrogens with two attached hydrogens (primary N) is 1. The Morgan fingerprint density at radius 2 is 2.06 bits per heavy atom. The molecule has 1 atom stereocenters. The second-order valence-electron chi connectivity index (χ2n) is 4.05. The van der Waals surface area contributed by atoms with Gasteiger partial charge in [-0.3, -0.25) is 9.69 Å². The molecular weight excluding hydrogens is 224 g/mol. The van der Waals surface area contributed by atoms with Crippen LogP contribution in [0.1, 0.15) is 32.1 Å². The van der Waals surface area contributed by atoms with Crippen LogP contribution in [0.3, 0.4) is 0 Å². The van der Waals surface area contributed by atoms with Gasteiger partial charge in [0.15, 0.2) is 0 Å². The first-order chi connectivity index (χ1) is 7.57. The number of thiol groups is 1. The van der Waals surface area contributed by atoms with Crippen molar-refractivity contribution in [2.75, 3.05) is 27.2 Å². The van der Waals surface area contributed by atoms with Crippen LogP contribution in [0.4, 0.5) is 0 Å². The highest BCUT2D eigenvalue weighted by atomic mass is 32.1. The van der Waals surface area contributed by atoms with Crippen molar-refractivity contribution in [3.05, 3.63) is 0 Å². The minimum atomic E-state index is -0.131. The maximum Gasteiger partial charge on any atom is 0.305 e. The van der Waals surface area contributed by atoms with Crippen molar-refractivity contribution in [2.45, 2.75) is 37.5 Å². The fourth-order valence-electron chi connectivity index (χ4n) is 1.19. The summed E-state index contributed by atoms with van der Waals surface area (Å²) in [5, 5.41) is 0.116. The van der Waals surface area contributed by atoms with Gasteiger partial charge in [-0.15, -0.1) is 0 Å². The molecule has 0 radical (unpaired) electrons. The molecule has 0 aliphatic rings. The van der Waals surface area contributed by atoms with Gasteiger partial charge in [-0.1, -0.05) is 0 Å². The summed E-state index contributed by atoms with van der Waals surface area (Å²) in [4.78, 5) is 13.3. The Balaban J connectivity index is 3.38. The van der Waals surface area contributed by atoms with Gasteiger partial charge in [0.1, 0.15) is 0 Å². The van der Waals surface area contributed by atoms with E-state index in [9.17, 15) is 4.79 Å². The standard InChI is InChI=1S/C11H24N2O2S/c1-13(2)10(16)6-7-11(14)15-9-5-3-4-8-12/h10,16H,3-9,12H2,1-2H3. The van der Waals surface area contributed by atoms with Gasteiger partial charge >= 0.3 is 5.97 Å². The minimum absolute atomic E-state index is 0.116. The number of esters is 1. The fourth-order valence-corrected chi connectivity index (χ4v) is 1.32. The van der Waals surface area contributed by atoms with Crippen molar-refractivity contribution >= 4 is 18.6 Å². The lowest BCUT2D eigenvalue weighted by Crippen LogP contribution is -2.23. The van der Waals surface area contributed by atoms with E-state index in [1.54, 1.807) is 0 Å². The zero-order chi connectivity index (χ0) is 12.4. The molecule has 0 spiro atoms. The van der Waals surface area contributed by atoms with E-state index in [-0.39, 0.29) is 11.3 Å². The summed E-state index contributed by atoms with van der Waals surface area (Å²) >= 11 is 4.34. The highest BCUT2D eigenvalue weighted by Gasteiger charge is 2.09. The Labute approximate surface area is 104 Å². The van der Waals surface area contributed by atoms with Gasteiger partial charge in [-0.05, 0) is 46.3 Å². The maximum absolute atomic E-state index is 11.3. The molecule has 0 aromatic heterocycles. The number of nitrogens with zero attached hydrogens (tertiary/aromatic N) is 1. The Morgan fingerprint density at radius 3 is 2.62 bits per heavy atom. The summed E-state index contributed by atoms with van der Waals surface area (Å²) in [6.45, 7) is 1.22. The third kappa shape index (κ3) is 9.00. The monoisotopic (exact) mass is 248 g/mol. The molecule has 0 aliphatic heterocycles. The zero-order valence-corrected chi connectivity index (χ0v) is 11.2. The Morgan fingerprint density at radius 1 is 1.38 bits per heavy atom. The lowest BCUT2D eigenvalue weighted by molar-refractivity contribution is -0.144. The second kappa shape index (κ2) is 9.93. The van der Waals surface area contributed by atoms with E-state index in [0.29, 0.717) is 19.6 Å². The Hall–Kier alpha value is -0.260. The fraction of sp³-hybridized carbons (Fsp3) is 0.909. The summed E-state index contributed by atoms with van der Waals surface area (Å²) in [6, 6.07) is 0. The number of hydrogen-bond acceptors (Lipinski definition) is 5. The van der Waals surface area contributed by atoms with Crippen molar-refractivity contribution < 1.29 is 9.53 Å². The van der Waals surface area contributed by atoms with Crippen LogP contribution in [0.2, 0.25) is 0 Å². The number of rotatable bonds is 9. The zero-order valence-electron chi connectivity index (χ0n) is 10.3. The molecule has 0 heterocycles. The molecule has 0 fully saturated rings. The normalized spacial score (nSPS) is 12.8. The van der Waals surface area contributed by atoms with E-state index in [0.717, 1.165) is 25.7 Å². The highest BCUT2D eigenvalue weighted by molar-refractivity contribution is 7.80. The Kier molecular flexibility index (Phi) is 9.77. The molecule has 4 nitrogen and oxygen atoms in total. The molecule has 0 aromatic rings. The smallest absolute Gasteiger partial charge is 0.305 e. The first-order valence-corrected chi connectivity index (χ1v) is 6.29. The summed E-state index contributed by atoms with van der Waals surface area (Å²) in [7, 11) is 3.88. The molecule has 0 bridgehead atoms. The molecule has 5 heteroatoms. The van der Waals surface area contributed by atoms with Gasteiger partial charge in [-0.25, -0.2) is 0 Å². The highest BCUT2D eigenvalue weighted by Crippen LogP contribution is 2.08. The summed E-state index contributed by atoms with van der Waals surface area (Å²) in [6.07, 6.45) is 4.08. The van der Waals surface area contributed by atoms with Gasteiger partial charge in [0.2, 0.25) is 0 Å². The van der Waals surface area contributed by atoms with Gasteiger partial charge < -0.3 is 10.5 Å². The van der Waals surface area contributed by atoms with E-state index in [4.69, 9.17) is 10.5 Å². The van der Waals surface area contributed by atoms with E-state index in [2.05, 4.69) is 12.6 Å². The van der Waals surface area contributed by atoms with Crippen molar-refractivity contribution in [3.63, 3.8) is 0 Å². The van der Waals surface area contributed by atoms with Crippen LogP contribution in [0, 0.1) is 0 Å². The largest absolute Gasteiger partial charge is 0.466 e. The van der Waals surface area contributed by atoms with Gasteiger partial charge in [0.05, 0.1) is 12.0 Å². The number of hydrogen-bond donors (Lipinski definition) is 2. The summed E-state index contributed by atoms with van der Waals surface area (Å²) in [5.74, 6) is -0.131. The maximum atomic E-state index is 11.3. The van der Waals surface area contributed by atoms with Crippen LogP contribution in [-0.4, -0.2) is 43.5 Å². The van der Waals surface area contributed by atoms with Crippen LogP contribution >= 0.6 is 12.6 Å². The van der Waals surface area contributed by atoms with Crippen molar-refractivity contribution in [3.8, 4) is 0 Å². The third-order valence-corrected chi connectivity index (χ3v) is 3.03. The topological polar surface area (TPSA) is 55.6 Å². The molecule has 0 amide bonds. The van der Waals surface area contributed by atoms with E-state index < -0.39 is 0 Å². The average molecular weight is 248 g/mol. The predicted octanol–water partition coefficient (Wildman–Crippen LogP) is 1.26. The van der Waals surface area contributed by atoms with Crippen LogP contribution in [0.5, 0.6) is 0 Å². The molecule has 96 valence electrons. The van der Waals surface area contributed by atoms with Crippen LogP contribution in [0.15, 0.2) is 0 Å². The van der Waals surface area contributed by atoms with Crippen molar-refractivity contribution in [2.24, 2.45) is 5.73 Å². The SMILES string of the molecule is CN(C)C(S)CCC(=O)OCCCCCN. The first-order valence-electron chi connectivity index (χ1n) is 5.78. The number of unbranched alkanes of at least 4 members (excludes halogenated alkanes) is 2. The lowest BCUT2D eigenvalue weighted by atomic mass is 10.2. The molecular formula is C11H24N2O2S.